The van der Waals surface area contributed by atoms with Crippen molar-refractivity contribution in [2.75, 3.05) is 31.2 Å². The molecule has 1 atom stereocenters. The Bertz CT molecular complexity index is 815. The molecule has 0 radical (unpaired) electrons. The molecule has 0 bridgehead atoms. The van der Waals surface area contributed by atoms with Crippen LogP contribution in [0.1, 0.15) is 27.0 Å². The van der Waals surface area contributed by atoms with E-state index in [4.69, 9.17) is 4.74 Å². The highest BCUT2D eigenvalue weighted by Crippen LogP contribution is 2.43. The summed E-state index contributed by atoms with van der Waals surface area (Å²) in [5, 5.41) is 11.8. The number of ether oxygens (including phenoxy) is 1. The number of fused-ring (bicyclic) bond motifs is 1. The first kappa shape index (κ1) is 16.3. The van der Waals surface area contributed by atoms with Gasteiger partial charge in [-0.3, -0.25) is 9.69 Å². The highest BCUT2D eigenvalue weighted by atomic mass is 16.5. The minimum atomic E-state index is -1.49. The second kappa shape index (κ2) is 5.95. The number of hydrogen-bond acceptors (Lipinski definition) is 4. The van der Waals surface area contributed by atoms with E-state index in [0.29, 0.717) is 43.1 Å². The van der Waals surface area contributed by atoms with Crippen molar-refractivity contribution in [2.45, 2.75) is 19.7 Å². The molecule has 130 valence electrons. The van der Waals surface area contributed by atoms with Gasteiger partial charge in [0.25, 0.3) is 5.91 Å². The van der Waals surface area contributed by atoms with Crippen molar-refractivity contribution in [2.24, 2.45) is 0 Å². The lowest BCUT2D eigenvalue weighted by molar-refractivity contribution is -0.139. The molecule has 1 N–H and O–H groups in total. The zero-order valence-corrected chi connectivity index (χ0v) is 14.5. The van der Waals surface area contributed by atoms with Crippen LogP contribution >= 0.6 is 0 Å². The van der Waals surface area contributed by atoms with Crippen LogP contribution in [-0.4, -0.2) is 42.2 Å². The molecule has 5 nitrogen and oxygen atoms in total. The summed E-state index contributed by atoms with van der Waals surface area (Å²) in [6.45, 7) is 6.21. The zero-order valence-electron chi connectivity index (χ0n) is 14.5. The Hall–Kier alpha value is -2.21. The van der Waals surface area contributed by atoms with Crippen molar-refractivity contribution in [3.8, 4) is 0 Å². The summed E-state index contributed by atoms with van der Waals surface area (Å²) in [5.41, 5.74) is 4.03. The molecular weight excluding hydrogens is 316 g/mol. The normalized spacial score (nSPS) is 23.8. The number of rotatable bonds is 2. The molecule has 0 aromatic heterocycles. The van der Waals surface area contributed by atoms with E-state index in [1.807, 2.05) is 61.2 Å². The lowest BCUT2D eigenvalue weighted by Gasteiger charge is -2.44. The van der Waals surface area contributed by atoms with Gasteiger partial charge in [0.2, 0.25) is 5.85 Å². The molecule has 4 rings (SSSR count). The Labute approximate surface area is 147 Å². The molecule has 0 saturated carbocycles. The molecular formula is C20H22N2O3. The van der Waals surface area contributed by atoms with Crippen molar-refractivity contribution in [1.29, 1.82) is 0 Å². The molecule has 2 aromatic carbocycles. The Morgan fingerprint density at radius 3 is 2.36 bits per heavy atom. The summed E-state index contributed by atoms with van der Waals surface area (Å²) in [5.74, 6) is -1.66. The minimum absolute atomic E-state index is 0.168. The van der Waals surface area contributed by atoms with Crippen LogP contribution in [0, 0.1) is 13.8 Å². The Morgan fingerprint density at radius 1 is 1.04 bits per heavy atom. The van der Waals surface area contributed by atoms with E-state index in [-0.39, 0.29) is 5.91 Å². The number of benzene rings is 2. The van der Waals surface area contributed by atoms with Gasteiger partial charge in [0, 0.05) is 29.9 Å². The van der Waals surface area contributed by atoms with Crippen molar-refractivity contribution in [1.82, 2.24) is 4.90 Å². The molecule has 1 amide bonds. The van der Waals surface area contributed by atoms with Crippen LogP contribution < -0.4 is 4.90 Å². The van der Waals surface area contributed by atoms with E-state index in [1.165, 1.54) is 4.90 Å². The molecule has 5 heteroatoms. The highest BCUT2D eigenvalue weighted by Gasteiger charge is 2.53. The summed E-state index contributed by atoms with van der Waals surface area (Å²) in [4.78, 5) is 16.7. The fourth-order valence-electron chi connectivity index (χ4n) is 3.71. The number of para-hydroxylation sites is 1. The van der Waals surface area contributed by atoms with Crippen LogP contribution in [-0.2, 0) is 10.6 Å². The summed E-state index contributed by atoms with van der Waals surface area (Å²) < 4.78 is 5.45. The number of amides is 1. The van der Waals surface area contributed by atoms with Gasteiger partial charge in [-0.15, -0.1) is 0 Å². The molecule has 2 aliphatic rings. The lowest BCUT2D eigenvalue weighted by atomic mass is 9.98. The van der Waals surface area contributed by atoms with Gasteiger partial charge in [-0.05, 0) is 49.2 Å². The number of aliphatic hydroxyl groups is 1. The van der Waals surface area contributed by atoms with Gasteiger partial charge in [-0.2, -0.15) is 0 Å². The molecule has 2 aliphatic heterocycles. The van der Waals surface area contributed by atoms with Gasteiger partial charge in [0.15, 0.2) is 0 Å². The molecule has 1 unspecified atom stereocenters. The van der Waals surface area contributed by atoms with Crippen LogP contribution in [0.3, 0.4) is 0 Å². The number of nitrogens with zero attached hydrogens (tertiary/aromatic N) is 2. The van der Waals surface area contributed by atoms with E-state index < -0.39 is 5.85 Å². The number of anilines is 1. The summed E-state index contributed by atoms with van der Waals surface area (Å²) >= 11 is 0. The van der Waals surface area contributed by atoms with Crippen molar-refractivity contribution < 1.29 is 14.6 Å². The monoisotopic (exact) mass is 338 g/mol. The van der Waals surface area contributed by atoms with Gasteiger partial charge in [0.05, 0.1) is 13.2 Å². The van der Waals surface area contributed by atoms with Crippen LogP contribution in [0.4, 0.5) is 5.69 Å². The third kappa shape index (κ3) is 2.39. The van der Waals surface area contributed by atoms with Crippen molar-refractivity contribution >= 4 is 11.6 Å². The molecule has 1 saturated heterocycles. The lowest BCUT2D eigenvalue weighted by Crippen LogP contribution is -2.59. The Balaban J connectivity index is 1.92. The molecule has 2 heterocycles. The molecule has 0 aliphatic carbocycles. The maximum absolute atomic E-state index is 13.2. The van der Waals surface area contributed by atoms with E-state index >= 15 is 0 Å². The predicted molar refractivity (Wildman–Crippen MR) is 95.5 cm³/mol. The van der Waals surface area contributed by atoms with Crippen LogP contribution in [0.15, 0.2) is 42.5 Å². The topological polar surface area (TPSA) is 53.0 Å². The first-order valence-electron chi connectivity index (χ1n) is 8.60. The van der Waals surface area contributed by atoms with Gasteiger partial charge in [-0.25, -0.2) is 4.90 Å². The number of aryl methyl sites for hydroxylation is 2. The van der Waals surface area contributed by atoms with Crippen LogP contribution in [0.5, 0.6) is 0 Å². The van der Waals surface area contributed by atoms with Gasteiger partial charge in [-0.1, -0.05) is 18.2 Å². The van der Waals surface area contributed by atoms with Crippen LogP contribution in [0.25, 0.3) is 0 Å². The first-order chi connectivity index (χ1) is 12.0. The van der Waals surface area contributed by atoms with Gasteiger partial charge < -0.3 is 9.84 Å². The summed E-state index contributed by atoms with van der Waals surface area (Å²) in [7, 11) is 0. The summed E-state index contributed by atoms with van der Waals surface area (Å²) in [6, 6.07) is 13.2. The smallest absolute Gasteiger partial charge is 0.262 e. The predicted octanol–water partition coefficient (Wildman–Crippen LogP) is 2.40. The minimum Gasteiger partial charge on any atom is -0.379 e. The van der Waals surface area contributed by atoms with Crippen molar-refractivity contribution in [3.05, 3.63) is 64.7 Å². The Kier molecular flexibility index (Phi) is 3.87. The zero-order chi connectivity index (χ0) is 17.6. The third-order valence-corrected chi connectivity index (χ3v) is 5.21. The molecule has 2 aromatic rings. The second-order valence-corrected chi connectivity index (χ2v) is 6.69. The van der Waals surface area contributed by atoms with Crippen molar-refractivity contribution in [3.63, 3.8) is 0 Å². The van der Waals surface area contributed by atoms with Gasteiger partial charge in [0.1, 0.15) is 0 Å². The number of hydrogen-bond donors (Lipinski definition) is 1. The van der Waals surface area contributed by atoms with E-state index in [0.717, 1.165) is 11.1 Å². The van der Waals surface area contributed by atoms with E-state index in [9.17, 15) is 9.90 Å². The number of carbonyl (C=O) groups is 1. The number of morpholine rings is 1. The van der Waals surface area contributed by atoms with E-state index in [2.05, 4.69) is 0 Å². The first-order valence-corrected chi connectivity index (χ1v) is 8.60. The summed E-state index contributed by atoms with van der Waals surface area (Å²) in [6.07, 6.45) is 0. The van der Waals surface area contributed by atoms with Gasteiger partial charge >= 0.3 is 0 Å². The maximum Gasteiger partial charge on any atom is 0.262 e. The quantitative estimate of drug-likeness (QED) is 0.914. The standard InChI is InChI=1S/C20H22N2O3/c1-14-12-17-18(13-15(14)2)20(24,21-8-10-25-11-9-21)22(19(17)23)16-6-4-3-5-7-16/h3-7,12-13,24H,8-11H2,1-2H3. The van der Waals surface area contributed by atoms with Crippen LogP contribution in [0.2, 0.25) is 0 Å². The second-order valence-electron chi connectivity index (χ2n) is 6.69. The fourth-order valence-corrected chi connectivity index (χ4v) is 3.71. The SMILES string of the molecule is Cc1cc2c(cc1C)C(O)(N1CCOCC1)N(c1ccccc1)C2=O. The van der Waals surface area contributed by atoms with E-state index in [1.54, 1.807) is 0 Å². The molecule has 25 heavy (non-hydrogen) atoms. The average molecular weight is 338 g/mol. The molecule has 1 fully saturated rings. The largest absolute Gasteiger partial charge is 0.379 e. The Morgan fingerprint density at radius 2 is 1.68 bits per heavy atom. The maximum atomic E-state index is 13.2. The third-order valence-electron chi connectivity index (χ3n) is 5.21. The number of carbonyl (C=O) groups excluding carboxylic acids is 1. The molecule has 0 spiro atoms. The fraction of sp³-hybridized carbons (Fsp3) is 0.350. The average Bonchev–Trinajstić information content (AvgIpc) is 2.85. The highest BCUT2D eigenvalue weighted by molar-refractivity contribution is 6.11.